The Hall–Kier alpha value is -1.44. The van der Waals surface area contributed by atoms with Crippen LogP contribution in [0.25, 0.3) is 11.0 Å². The molecular formula is C10H11NO. The molecule has 0 aliphatic heterocycles. The molecule has 12 heavy (non-hydrogen) atoms. The van der Waals surface area contributed by atoms with Crippen molar-refractivity contribution in [3.05, 3.63) is 29.5 Å². The first-order chi connectivity index (χ1) is 5.70. The molecule has 2 rings (SSSR count). The average molecular weight is 161 g/mol. The number of hydrogen-bond donors (Lipinski definition) is 1. The lowest BCUT2D eigenvalue weighted by Crippen LogP contribution is -1.91. The Morgan fingerprint density at radius 2 is 2.00 bits per heavy atom. The van der Waals surface area contributed by atoms with Gasteiger partial charge in [0.25, 0.3) is 0 Å². The van der Waals surface area contributed by atoms with Crippen molar-refractivity contribution in [2.45, 2.75) is 13.8 Å². The maximum Gasteiger partial charge on any atom is 0.137 e. The first kappa shape index (κ1) is 7.22. The number of nitrogen functional groups attached to an aromatic ring is 1. The van der Waals surface area contributed by atoms with E-state index >= 15 is 0 Å². The van der Waals surface area contributed by atoms with Crippen LogP contribution in [0.1, 0.15) is 11.1 Å². The second kappa shape index (κ2) is 2.27. The fourth-order valence-corrected chi connectivity index (χ4v) is 1.40. The van der Waals surface area contributed by atoms with Gasteiger partial charge in [0.05, 0.1) is 6.26 Å². The van der Waals surface area contributed by atoms with Gasteiger partial charge in [0.2, 0.25) is 0 Å². The third-order valence-electron chi connectivity index (χ3n) is 2.34. The smallest absolute Gasteiger partial charge is 0.137 e. The van der Waals surface area contributed by atoms with E-state index in [1.807, 2.05) is 26.0 Å². The highest BCUT2D eigenvalue weighted by Gasteiger charge is 2.05. The average Bonchev–Trinajstić information content (AvgIpc) is 2.48. The van der Waals surface area contributed by atoms with Gasteiger partial charge in [-0.1, -0.05) is 0 Å². The minimum atomic E-state index is 0.835. The monoisotopic (exact) mass is 161 g/mol. The molecular weight excluding hydrogens is 150 g/mol. The van der Waals surface area contributed by atoms with Crippen molar-refractivity contribution in [3.63, 3.8) is 0 Å². The van der Waals surface area contributed by atoms with Crippen molar-refractivity contribution in [3.8, 4) is 0 Å². The van der Waals surface area contributed by atoms with Gasteiger partial charge in [-0.3, -0.25) is 0 Å². The number of rotatable bonds is 0. The molecule has 2 aromatic rings. The van der Waals surface area contributed by atoms with E-state index < -0.39 is 0 Å². The first-order valence-electron chi connectivity index (χ1n) is 3.93. The summed E-state index contributed by atoms with van der Waals surface area (Å²) in [6.45, 7) is 4.03. The molecule has 2 N–H and O–H groups in total. The highest BCUT2D eigenvalue weighted by Crippen LogP contribution is 2.26. The third-order valence-corrected chi connectivity index (χ3v) is 2.34. The molecule has 0 unspecified atom stereocenters. The second-order valence-electron chi connectivity index (χ2n) is 3.05. The van der Waals surface area contributed by atoms with Gasteiger partial charge < -0.3 is 10.2 Å². The Bertz CT molecular complexity index is 429. The number of furan rings is 1. The summed E-state index contributed by atoms with van der Waals surface area (Å²) in [7, 11) is 0. The van der Waals surface area contributed by atoms with Gasteiger partial charge in [0, 0.05) is 11.1 Å². The normalized spacial score (nSPS) is 10.8. The number of aryl methyl sites for hydroxylation is 1. The number of hydrogen-bond acceptors (Lipinski definition) is 2. The number of fused-ring (bicyclic) bond motifs is 1. The zero-order valence-electron chi connectivity index (χ0n) is 7.22. The Morgan fingerprint density at radius 3 is 2.75 bits per heavy atom. The number of benzene rings is 1. The fraction of sp³-hybridized carbons (Fsp3) is 0.200. The Kier molecular flexibility index (Phi) is 1.37. The van der Waals surface area contributed by atoms with Crippen LogP contribution in [0.3, 0.4) is 0 Å². The van der Waals surface area contributed by atoms with Crippen LogP contribution in [0.5, 0.6) is 0 Å². The third kappa shape index (κ3) is 0.811. The zero-order chi connectivity index (χ0) is 8.72. The molecule has 1 aromatic carbocycles. The molecule has 0 aliphatic rings. The van der Waals surface area contributed by atoms with Gasteiger partial charge in [-0.05, 0) is 37.1 Å². The van der Waals surface area contributed by atoms with Gasteiger partial charge >= 0.3 is 0 Å². The predicted molar refractivity (Wildman–Crippen MR) is 50.1 cm³/mol. The molecule has 1 aromatic heterocycles. The quantitative estimate of drug-likeness (QED) is 0.603. The molecule has 1 heterocycles. The van der Waals surface area contributed by atoms with Gasteiger partial charge in [-0.25, -0.2) is 0 Å². The minimum absolute atomic E-state index is 0.835. The number of anilines is 1. The molecule has 0 radical (unpaired) electrons. The Labute approximate surface area is 71.0 Å². The molecule has 0 spiro atoms. The van der Waals surface area contributed by atoms with Crippen LogP contribution in [0.4, 0.5) is 5.69 Å². The van der Waals surface area contributed by atoms with E-state index in [0.29, 0.717) is 0 Å². The summed E-state index contributed by atoms with van der Waals surface area (Å²) in [4.78, 5) is 0. The highest BCUT2D eigenvalue weighted by molar-refractivity contribution is 5.85. The van der Waals surface area contributed by atoms with Crippen molar-refractivity contribution < 1.29 is 4.42 Å². The van der Waals surface area contributed by atoms with E-state index in [1.54, 1.807) is 6.26 Å². The van der Waals surface area contributed by atoms with Crippen LogP contribution in [-0.4, -0.2) is 0 Å². The molecule has 0 saturated carbocycles. The molecule has 0 atom stereocenters. The standard InChI is InChI=1S/C10H11NO/c1-6-7(2)10-8(3-4-12-10)5-9(6)11/h3-5H,11H2,1-2H3. The van der Waals surface area contributed by atoms with E-state index in [1.165, 1.54) is 0 Å². The van der Waals surface area contributed by atoms with Gasteiger partial charge in [0.15, 0.2) is 0 Å². The Morgan fingerprint density at radius 1 is 1.25 bits per heavy atom. The zero-order valence-corrected chi connectivity index (χ0v) is 7.22. The first-order valence-corrected chi connectivity index (χ1v) is 3.93. The summed E-state index contributed by atoms with van der Waals surface area (Å²) in [6, 6.07) is 3.87. The molecule has 0 aliphatic carbocycles. The van der Waals surface area contributed by atoms with Crippen LogP contribution < -0.4 is 5.73 Å². The van der Waals surface area contributed by atoms with Crippen LogP contribution in [0, 0.1) is 13.8 Å². The van der Waals surface area contributed by atoms with Crippen LogP contribution in [-0.2, 0) is 0 Å². The molecule has 0 saturated heterocycles. The Balaban J connectivity index is 2.94. The fourth-order valence-electron chi connectivity index (χ4n) is 1.40. The predicted octanol–water partition coefficient (Wildman–Crippen LogP) is 2.63. The molecule has 0 fully saturated rings. The summed E-state index contributed by atoms with van der Waals surface area (Å²) in [5.41, 5.74) is 9.83. The molecule has 0 bridgehead atoms. The second-order valence-corrected chi connectivity index (χ2v) is 3.05. The topological polar surface area (TPSA) is 39.2 Å². The van der Waals surface area contributed by atoms with Crippen molar-refractivity contribution in [2.75, 3.05) is 5.73 Å². The summed E-state index contributed by atoms with van der Waals surface area (Å²) in [5.74, 6) is 0. The van der Waals surface area contributed by atoms with Crippen molar-refractivity contribution in [1.29, 1.82) is 0 Å². The van der Waals surface area contributed by atoms with E-state index in [0.717, 1.165) is 27.8 Å². The van der Waals surface area contributed by atoms with E-state index in [9.17, 15) is 0 Å². The number of nitrogens with two attached hydrogens (primary N) is 1. The van der Waals surface area contributed by atoms with E-state index in [-0.39, 0.29) is 0 Å². The van der Waals surface area contributed by atoms with E-state index in [4.69, 9.17) is 10.2 Å². The SMILES string of the molecule is Cc1c(N)cc2ccoc2c1C. The lowest BCUT2D eigenvalue weighted by Gasteiger charge is -2.03. The molecule has 2 heteroatoms. The summed E-state index contributed by atoms with van der Waals surface area (Å²) in [6.07, 6.45) is 1.69. The van der Waals surface area contributed by atoms with Crippen LogP contribution in [0.2, 0.25) is 0 Å². The van der Waals surface area contributed by atoms with Crippen molar-refractivity contribution in [1.82, 2.24) is 0 Å². The summed E-state index contributed by atoms with van der Waals surface area (Å²) in [5, 5.41) is 1.08. The molecule has 0 amide bonds. The van der Waals surface area contributed by atoms with Gasteiger partial charge in [0.1, 0.15) is 5.58 Å². The lowest BCUT2D eigenvalue weighted by molar-refractivity contribution is 0.613. The summed E-state index contributed by atoms with van der Waals surface area (Å²) < 4.78 is 5.33. The van der Waals surface area contributed by atoms with Gasteiger partial charge in [-0.15, -0.1) is 0 Å². The van der Waals surface area contributed by atoms with E-state index in [2.05, 4.69) is 0 Å². The maximum atomic E-state index is 5.80. The minimum Gasteiger partial charge on any atom is -0.464 e. The highest BCUT2D eigenvalue weighted by atomic mass is 16.3. The van der Waals surface area contributed by atoms with Crippen LogP contribution in [0.15, 0.2) is 22.8 Å². The summed E-state index contributed by atoms with van der Waals surface area (Å²) >= 11 is 0. The van der Waals surface area contributed by atoms with Crippen molar-refractivity contribution >= 4 is 16.7 Å². The van der Waals surface area contributed by atoms with Crippen LogP contribution >= 0.6 is 0 Å². The largest absolute Gasteiger partial charge is 0.464 e. The van der Waals surface area contributed by atoms with Crippen molar-refractivity contribution in [2.24, 2.45) is 0 Å². The van der Waals surface area contributed by atoms with Gasteiger partial charge in [-0.2, -0.15) is 0 Å². The molecule has 62 valence electrons. The maximum absolute atomic E-state index is 5.80. The molecule has 2 nitrogen and oxygen atoms in total. The lowest BCUT2D eigenvalue weighted by atomic mass is 10.1.